The Kier molecular flexibility index (Phi) is 10.5. The summed E-state index contributed by atoms with van der Waals surface area (Å²) in [6, 6.07) is 7.64. The Morgan fingerprint density at radius 2 is 1.59 bits per heavy atom. The summed E-state index contributed by atoms with van der Waals surface area (Å²) in [6.45, 7) is 6.60. The molecule has 184 valence electrons. The number of halogens is 1. The number of carbonyl (C=O) groups excluding carboxylic acids is 1. The van der Waals surface area contributed by atoms with Crippen molar-refractivity contribution in [3.63, 3.8) is 0 Å². The Balaban J connectivity index is 1.47. The van der Waals surface area contributed by atoms with Crippen LogP contribution in [-0.2, 0) is 18.9 Å². The van der Waals surface area contributed by atoms with Crippen LogP contribution < -0.4 is 4.74 Å². The van der Waals surface area contributed by atoms with E-state index in [0.29, 0.717) is 36.6 Å². The van der Waals surface area contributed by atoms with Gasteiger partial charge in [0.1, 0.15) is 17.6 Å². The number of nitrogens with zero attached hydrogens (tertiary/aromatic N) is 2. The van der Waals surface area contributed by atoms with Crippen LogP contribution in [0.3, 0.4) is 0 Å². The van der Waals surface area contributed by atoms with Crippen LogP contribution in [0.5, 0.6) is 5.75 Å². The maximum atomic E-state index is 12.3. The zero-order chi connectivity index (χ0) is 24.3. The average Bonchev–Trinajstić information content (AvgIpc) is 2.82. The molecule has 0 unspecified atom stereocenters. The smallest absolute Gasteiger partial charge is 0.432 e. The summed E-state index contributed by atoms with van der Waals surface area (Å²) in [5, 5.41) is 0. The molecule has 0 saturated carbocycles. The maximum absolute atomic E-state index is 12.3. The van der Waals surface area contributed by atoms with E-state index in [-0.39, 0.29) is 13.2 Å². The number of rotatable bonds is 13. The van der Waals surface area contributed by atoms with Crippen molar-refractivity contribution >= 4 is 44.2 Å². The standard InChI is InChI=1S/C25H31BrN2O6/c1-17-8-7-9-20-21(17)28-22-19(26)16-18(2)24(23(22)27-20)34-25(29)33-15-14-32-13-12-31-11-6-4-5-10-30-3/h7-9,16H,4-6,10-15H2,1-3H3. The first kappa shape index (κ1) is 26.3. The molecule has 0 spiro atoms. The van der Waals surface area contributed by atoms with Gasteiger partial charge in [0.25, 0.3) is 0 Å². The van der Waals surface area contributed by atoms with Crippen molar-refractivity contribution in [2.45, 2.75) is 33.1 Å². The van der Waals surface area contributed by atoms with Crippen LogP contribution in [0.4, 0.5) is 4.79 Å². The number of methoxy groups -OCH3 is 1. The maximum Gasteiger partial charge on any atom is 0.514 e. The minimum absolute atomic E-state index is 0.0805. The van der Waals surface area contributed by atoms with Gasteiger partial charge < -0.3 is 23.7 Å². The lowest BCUT2D eigenvalue weighted by molar-refractivity contribution is 0.0198. The molecule has 2 aromatic carbocycles. The predicted molar refractivity (Wildman–Crippen MR) is 134 cm³/mol. The van der Waals surface area contributed by atoms with Gasteiger partial charge in [0.05, 0.1) is 30.9 Å². The first-order valence-corrected chi connectivity index (χ1v) is 12.2. The van der Waals surface area contributed by atoms with Gasteiger partial charge in [-0.2, -0.15) is 0 Å². The number of fused-ring (bicyclic) bond motifs is 2. The van der Waals surface area contributed by atoms with Gasteiger partial charge in [-0.25, -0.2) is 14.8 Å². The molecule has 3 aromatic rings. The molecule has 0 atom stereocenters. The van der Waals surface area contributed by atoms with Crippen LogP contribution in [0, 0.1) is 13.8 Å². The van der Waals surface area contributed by atoms with Crippen LogP contribution in [0.2, 0.25) is 0 Å². The highest BCUT2D eigenvalue weighted by atomic mass is 79.9. The lowest BCUT2D eigenvalue weighted by Crippen LogP contribution is -2.16. The van der Waals surface area contributed by atoms with Crippen LogP contribution in [0.15, 0.2) is 28.7 Å². The topological polar surface area (TPSA) is 89.0 Å². The molecule has 0 fully saturated rings. The van der Waals surface area contributed by atoms with Crippen molar-refractivity contribution in [2.75, 3.05) is 46.8 Å². The molecule has 0 aliphatic carbocycles. The van der Waals surface area contributed by atoms with E-state index >= 15 is 0 Å². The highest BCUT2D eigenvalue weighted by Crippen LogP contribution is 2.34. The first-order chi connectivity index (χ1) is 16.5. The third-order valence-electron chi connectivity index (χ3n) is 5.18. The van der Waals surface area contributed by atoms with Gasteiger partial charge in [0.2, 0.25) is 0 Å². The van der Waals surface area contributed by atoms with E-state index in [4.69, 9.17) is 33.7 Å². The molecular weight excluding hydrogens is 504 g/mol. The number of unbranched alkanes of at least 4 members (excludes halogenated alkanes) is 2. The number of aromatic nitrogens is 2. The average molecular weight is 535 g/mol. The van der Waals surface area contributed by atoms with Crippen molar-refractivity contribution in [1.29, 1.82) is 0 Å². The fourth-order valence-corrected chi connectivity index (χ4v) is 4.05. The van der Waals surface area contributed by atoms with E-state index in [0.717, 1.165) is 52.5 Å². The zero-order valence-corrected chi connectivity index (χ0v) is 21.5. The Labute approximate surface area is 208 Å². The lowest BCUT2D eigenvalue weighted by Gasteiger charge is -2.13. The predicted octanol–water partition coefficient (Wildman–Crippen LogP) is 5.53. The lowest BCUT2D eigenvalue weighted by atomic mass is 10.1. The molecule has 1 heterocycles. The fraction of sp³-hybridized carbons (Fsp3) is 0.480. The van der Waals surface area contributed by atoms with Crippen molar-refractivity contribution < 1.29 is 28.5 Å². The summed E-state index contributed by atoms with van der Waals surface area (Å²) in [5.74, 6) is 0.332. The second-order valence-electron chi connectivity index (χ2n) is 7.85. The third-order valence-corrected chi connectivity index (χ3v) is 5.79. The van der Waals surface area contributed by atoms with Gasteiger partial charge in [-0.1, -0.05) is 12.1 Å². The Bertz CT molecular complexity index is 1110. The van der Waals surface area contributed by atoms with E-state index in [1.54, 1.807) is 7.11 Å². The van der Waals surface area contributed by atoms with Crippen LogP contribution in [0.25, 0.3) is 22.1 Å². The molecule has 0 amide bonds. The van der Waals surface area contributed by atoms with E-state index in [2.05, 4.69) is 15.9 Å². The van der Waals surface area contributed by atoms with Crippen LogP contribution in [0.1, 0.15) is 30.4 Å². The van der Waals surface area contributed by atoms with Gasteiger partial charge >= 0.3 is 6.16 Å². The van der Waals surface area contributed by atoms with Gasteiger partial charge in [0.15, 0.2) is 5.75 Å². The molecule has 0 radical (unpaired) electrons. The normalized spacial score (nSPS) is 11.3. The Morgan fingerprint density at radius 1 is 0.853 bits per heavy atom. The second-order valence-corrected chi connectivity index (χ2v) is 8.70. The monoisotopic (exact) mass is 534 g/mol. The van der Waals surface area contributed by atoms with Gasteiger partial charge in [-0.3, -0.25) is 0 Å². The summed E-state index contributed by atoms with van der Waals surface area (Å²) in [6.07, 6.45) is 2.32. The van der Waals surface area contributed by atoms with Crippen molar-refractivity contribution in [3.05, 3.63) is 39.9 Å². The fourth-order valence-electron chi connectivity index (χ4n) is 3.43. The second kappa shape index (κ2) is 13.5. The number of hydrogen-bond acceptors (Lipinski definition) is 8. The summed E-state index contributed by atoms with van der Waals surface area (Å²) in [5.41, 5.74) is 4.42. The van der Waals surface area contributed by atoms with Crippen LogP contribution >= 0.6 is 15.9 Å². The number of aryl methyl sites for hydroxylation is 2. The summed E-state index contributed by atoms with van der Waals surface area (Å²) in [4.78, 5) is 21.8. The largest absolute Gasteiger partial charge is 0.514 e. The quantitative estimate of drug-likeness (QED) is 0.122. The molecule has 0 N–H and O–H groups in total. The summed E-state index contributed by atoms with van der Waals surface area (Å²) in [7, 11) is 1.71. The number of hydrogen-bond donors (Lipinski definition) is 0. The molecule has 34 heavy (non-hydrogen) atoms. The van der Waals surface area contributed by atoms with Gasteiger partial charge in [-0.05, 0) is 72.3 Å². The van der Waals surface area contributed by atoms with Gasteiger partial charge in [-0.15, -0.1) is 0 Å². The van der Waals surface area contributed by atoms with E-state index in [1.807, 2.05) is 38.1 Å². The minimum atomic E-state index is -0.811. The Hall–Kier alpha value is -2.33. The molecular formula is C25H31BrN2O6. The molecule has 9 heteroatoms. The molecule has 0 aliphatic heterocycles. The molecule has 0 bridgehead atoms. The number of carbonyl (C=O) groups is 1. The van der Waals surface area contributed by atoms with E-state index in [9.17, 15) is 4.79 Å². The number of ether oxygens (including phenoxy) is 5. The molecule has 8 nitrogen and oxygen atoms in total. The third kappa shape index (κ3) is 7.33. The highest BCUT2D eigenvalue weighted by molar-refractivity contribution is 9.10. The SMILES string of the molecule is COCCCCCOCCOCCOC(=O)Oc1c(C)cc(Br)c2nc3c(C)cccc3nc12. The zero-order valence-electron chi connectivity index (χ0n) is 19.9. The summed E-state index contributed by atoms with van der Waals surface area (Å²) >= 11 is 3.55. The van der Waals surface area contributed by atoms with E-state index < -0.39 is 6.16 Å². The Morgan fingerprint density at radius 3 is 2.38 bits per heavy atom. The van der Waals surface area contributed by atoms with Gasteiger partial charge in [0, 0.05) is 24.8 Å². The molecule has 3 rings (SSSR count). The first-order valence-electron chi connectivity index (χ1n) is 11.4. The molecule has 1 aromatic heterocycles. The van der Waals surface area contributed by atoms with E-state index in [1.165, 1.54) is 0 Å². The van der Waals surface area contributed by atoms with Crippen molar-refractivity contribution in [1.82, 2.24) is 9.97 Å². The van der Waals surface area contributed by atoms with Crippen molar-refractivity contribution in [2.24, 2.45) is 0 Å². The molecule has 0 aliphatic rings. The highest BCUT2D eigenvalue weighted by Gasteiger charge is 2.18. The molecule has 0 saturated heterocycles. The number of para-hydroxylation sites is 1. The van der Waals surface area contributed by atoms with Crippen LogP contribution in [-0.4, -0.2) is 62.9 Å². The summed E-state index contributed by atoms with van der Waals surface area (Å²) < 4.78 is 27.4. The number of benzene rings is 2. The minimum Gasteiger partial charge on any atom is -0.432 e. The van der Waals surface area contributed by atoms with Crippen molar-refractivity contribution in [3.8, 4) is 5.75 Å².